The molecule has 0 aliphatic rings. The largest absolute Gasteiger partial charge is 0.469 e. The Balaban J connectivity index is 2.00. The summed E-state index contributed by atoms with van der Waals surface area (Å²) in [5.41, 5.74) is 3.33. The van der Waals surface area contributed by atoms with Crippen LogP contribution < -0.4 is 5.43 Å². The van der Waals surface area contributed by atoms with Gasteiger partial charge in [0.15, 0.2) is 0 Å². The minimum absolute atomic E-state index is 0.351. The van der Waals surface area contributed by atoms with Gasteiger partial charge in [-0.1, -0.05) is 12.1 Å². The molecule has 0 bridgehead atoms. The number of nitrogens with one attached hydrogen (secondary N) is 1. The van der Waals surface area contributed by atoms with Crippen molar-refractivity contribution in [1.29, 1.82) is 0 Å². The minimum atomic E-state index is -0.367. The van der Waals surface area contributed by atoms with Gasteiger partial charge in [-0.2, -0.15) is 5.10 Å². The third-order valence-corrected chi connectivity index (χ3v) is 2.33. The molecule has 0 atom stereocenters. The number of hydrogen-bond acceptors (Lipinski definition) is 3. The number of carbonyl (C=O) groups excluding carboxylic acids is 1. The zero-order chi connectivity index (χ0) is 13.0. The highest BCUT2D eigenvalue weighted by Gasteiger charge is 2.09. The van der Waals surface area contributed by atoms with Crippen molar-refractivity contribution in [3.8, 4) is 0 Å². The molecule has 0 saturated carbocycles. The zero-order valence-corrected chi connectivity index (χ0v) is 9.68. The van der Waals surface area contributed by atoms with Crippen LogP contribution in [0.2, 0.25) is 0 Å². The van der Waals surface area contributed by atoms with Gasteiger partial charge in [0.2, 0.25) is 0 Å². The normalized spacial score (nSPS) is 10.8. The molecule has 92 valence electrons. The first-order chi connectivity index (χ1) is 8.66. The second-order valence-corrected chi connectivity index (χ2v) is 3.64. The first-order valence-electron chi connectivity index (χ1n) is 5.30. The van der Waals surface area contributed by atoms with Crippen LogP contribution in [0.1, 0.15) is 21.7 Å². The van der Waals surface area contributed by atoms with E-state index in [0.717, 1.165) is 0 Å². The van der Waals surface area contributed by atoms with Gasteiger partial charge in [-0.05, 0) is 30.7 Å². The number of rotatable bonds is 3. The molecular weight excluding hydrogens is 235 g/mol. The number of hydrazone groups is 1. The van der Waals surface area contributed by atoms with Crippen LogP contribution in [0.25, 0.3) is 0 Å². The molecule has 18 heavy (non-hydrogen) atoms. The monoisotopic (exact) mass is 246 g/mol. The standard InChI is InChI=1S/C13H11FN2O2/c1-9-12(5-6-18-9)13(17)16-15-8-10-3-2-4-11(14)7-10/h2-8H,1H3,(H,16,17). The van der Waals surface area contributed by atoms with E-state index in [9.17, 15) is 9.18 Å². The fraction of sp³-hybridized carbons (Fsp3) is 0.0769. The lowest BCUT2D eigenvalue weighted by atomic mass is 10.2. The molecule has 0 aliphatic heterocycles. The predicted molar refractivity (Wildman–Crippen MR) is 64.9 cm³/mol. The van der Waals surface area contributed by atoms with E-state index in [4.69, 9.17) is 4.42 Å². The molecular formula is C13H11FN2O2. The predicted octanol–water partition coefficient (Wildman–Crippen LogP) is 2.49. The summed E-state index contributed by atoms with van der Waals surface area (Å²) in [5.74, 6) is -0.196. The number of amides is 1. The number of carbonyl (C=O) groups is 1. The zero-order valence-electron chi connectivity index (χ0n) is 9.68. The maximum Gasteiger partial charge on any atom is 0.274 e. The van der Waals surface area contributed by atoms with Crippen molar-refractivity contribution in [3.05, 3.63) is 59.3 Å². The van der Waals surface area contributed by atoms with Crippen molar-refractivity contribution in [2.75, 3.05) is 0 Å². The smallest absolute Gasteiger partial charge is 0.274 e. The van der Waals surface area contributed by atoms with Gasteiger partial charge in [0.1, 0.15) is 11.6 Å². The van der Waals surface area contributed by atoms with Crippen molar-refractivity contribution in [1.82, 2.24) is 5.43 Å². The topological polar surface area (TPSA) is 54.6 Å². The maximum absolute atomic E-state index is 12.9. The van der Waals surface area contributed by atoms with E-state index in [2.05, 4.69) is 10.5 Å². The van der Waals surface area contributed by atoms with E-state index in [0.29, 0.717) is 16.9 Å². The average molecular weight is 246 g/mol. The van der Waals surface area contributed by atoms with Gasteiger partial charge in [0.25, 0.3) is 5.91 Å². The highest BCUT2D eigenvalue weighted by atomic mass is 19.1. The van der Waals surface area contributed by atoms with Gasteiger partial charge in [0, 0.05) is 0 Å². The molecule has 0 aliphatic carbocycles. The Morgan fingerprint density at radius 2 is 2.28 bits per heavy atom. The quantitative estimate of drug-likeness (QED) is 0.668. The van der Waals surface area contributed by atoms with Crippen LogP contribution in [0, 0.1) is 12.7 Å². The van der Waals surface area contributed by atoms with Crippen LogP contribution >= 0.6 is 0 Å². The summed E-state index contributed by atoms with van der Waals surface area (Å²) in [6.45, 7) is 1.69. The number of halogens is 1. The molecule has 0 unspecified atom stereocenters. The molecule has 0 spiro atoms. The first kappa shape index (κ1) is 12.0. The number of aryl methyl sites for hydroxylation is 1. The Morgan fingerprint density at radius 1 is 1.44 bits per heavy atom. The van der Waals surface area contributed by atoms with E-state index < -0.39 is 0 Å². The van der Waals surface area contributed by atoms with Gasteiger partial charge < -0.3 is 4.42 Å². The fourth-order valence-electron chi connectivity index (χ4n) is 1.43. The van der Waals surface area contributed by atoms with Crippen LogP contribution in [0.15, 0.2) is 46.1 Å². The summed E-state index contributed by atoms with van der Waals surface area (Å²) in [6, 6.07) is 7.46. The van der Waals surface area contributed by atoms with Crippen LogP contribution in [0.5, 0.6) is 0 Å². The second kappa shape index (κ2) is 5.27. The Bertz CT molecular complexity index is 590. The van der Waals surface area contributed by atoms with Gasteiger partial charge in [-0.15, -0.1) is 0 Å². The van der Waals surface area contributed by atoms with Crippen molar-refractivity contribution in [3.63, 3.8) is 0 Å². The van der Waals surface area contributed by atoms with Gasteiger partial charge in [-0.25, -0.2) is 9.82 Å². The van der Waals surface area contributed by atoms with E-state index in [1.165, 1.54) is 24.6 Å². The number of benzene rings is 1. The van der Waals surface area contributed by atoms with E-state index in [1.54, 1.807) is 25.1 Å². The number of nitrogens with zero attached hydrogens (tertiary/aromatic N) is 1. The summed E-state index contributed by atoms with van der Waals surface area (Å²) >= 11 is 0. The molecule has 5 heteroatoms. The third-order valence-electron chi connectivity index (χ3n) is 2.33. The van der Waals surface area contributed by atoms with Crippen molar-refractivity contribution in [2.24, 2.45) is 5.10 Å². The molecule has 2 rings (SSSR count). The Hall–Kier alpha value is -2.43. The molecule has 0 fully saturated rings. The molecule has 1 amide bonds. The highest BCUT2D eigenvalue weighted by molar-refractivity contribution is 5.95. The fourth-order valence-corrected chi connectivity index (χ4v) is 1.43. The molecule has 4 nitrogen and oxygen atoms in total. The number of furan rings is 1. The van der Waals surface area contributed by atoms with Crippen molar-refractivity contribution in [2.45, 2.75) is 6.92 Å². The molecule has 1 aromatic heterocycles. The van der Waals surface area contributed by atoms with Crippen LogP contribution in [-0.2, 0) is 0 Å². The number of hydrogen-bond donors (Lipinski definition) is 1. The Morgan fingerprint density at radius 3 is 2.94 bits per heavy atom. The molecule has 0 radical (unpaired) electrons. The summed E-state index contributed by atoms with van der Waals surface area (Å²) in [4.78, 5) is 11.6. The minimum Gasteiger partial charge on any atom is -0.469 e. The molecule has 1 heterocycles. The lowest BCUT2D eigenvalue weighted by molar-refractivity contribution is 0.0953. The van der Waals surface area contributed by atoms with Crippen LogP contribution in [-0.4, -0.2) is 12.1 Å². The van der Waals surface area contributed by atoms with Crippen molar-refractivity contribution < 1.29 is 13.6 Å². The Labute approximate surface area is 103 Å². The molecule has 1 aromatic carbocycles. The molecule has 0 saturated heterocycles. The Kier molecular flexibility index (Phi) is 3.52. The first-order valence-corrected chi connectivity index (χ1v) is 5.30. The van der Waals surface area contributed by atoms with Crippen LogP contribution in [0.4, 0.5) is 4.39 Å². The maximum atomic E-state index is 12.9. The van der Waals surface area contributed by atoms with E-state index in [-0.39, 0.29) is 11.7 Å². The summed E-state index contributed by atoms with van der Waals surface area (Å²) in [6.07, 6.45) is 2.80. The third kappa shape index (κ3) is 2.82. The second-order valence-electron chi connectivity index (χ2n) is 3.64. The van der Waals surface area contributed by atoms with Gasteiger partial charge in [-0.3, -0.25) is 4.79 Å². The highest BCUT2D eigenvalue weighted by Crippen LogP contribution is 2.08. The van der Waals surface area contributed by atoms with Crippen molar-refractivity contribution >= 4 is 12.1 Å². The van der Waals surface area contributed by atoms with E-state index >= 15 is 0 Å². The van der Waals surface area contributed by atoms with Gasteiger partial charge >= 0.3 is 0 Å². The van der Waals surface area contributed by atoms with E-state index in [1.807, 2.05) is 0 Å². The molecule has 2 aromatic rings. The van der Waals surface area contributed by atoms with Gasteiger partial charge in [0.05, 0.1) is 18.0 Å². The lowest BCUT2D eigenvalue weighted by Gasteiger charge is -1.97. The summed E-state index contributed by atoms with van der Waals surface area (Å²) in [5, 5.41) is 3.75. The molecule has 1 N–H and O–H groups in total. The SMILES string of the molecule is Cc1occc1C(=O)NN=Cc1cccc(F)c1. The average Bonchev–Trinajstić information content (AvgIpc) is 2.75. The summed E-state index contributed by atoms with van der Waals surface area (Å²) in [7, 11) is 0. The lowest BCUT2D eigenvalue weighted by Crippen LogP contribution is -2.17. The van der Waals surface area contributed by atoms with Crippen LogP contribution in [0.3, 0.4) is 0 Å². The summed E-state index contributed by atoms with van der Waals surface area (Å²) < 4.78 is 17.9.